The molecule has 12 rings (SSSR count). The molecule has 0 spiro atoms. The average Bonchev–Trinajstić information content (AvgIpc) is 3.85. The van der Waals surface area contributed by atoms with E-state index in [-0.39, 0.29) is 33.5 Å². The summed E-state index contributed by atoms with van der Waals surface area (Å²) in [5.41, 5.74) is 6.20. The molecule has 8 aromatic carbocycles. The molecule has 8 heteroatoms. The molecule has 2 heterocycles. The average molecular weight is 811 g/mol. The smallest absolute Gasteiger partial charge is 0.332 e. The van der Waals surface area contributed by atoms with Crippen LogP contribution in [-0.2, 0) is 11.8 Å². The molecule has 296 valence electrons. The zero-order chi connectivity index (χ0) is 41.4. The van der Waals surface area contributed by atoms with Gasteiger partial charge < -0.3 is 9.47 Å². The number of allylic oxidation sites excluding steroid dienone is 2. The van der Waals surface area contributed by atoms with Crippen LogP contribution in [0.15, 0.2) is 182 Å². The second-order valence-electron chi connectivity index (χ2n) is 16.2. The van der Waals surface area contributed by atoms with Gasteiger partial charge in [0.2, 0.25) is 0 Å². The van der Waals surface area contributed by atoms with Crippen molar-refractivity contribution in [2.75, 3.05) is 4.90 Å². The number of hydrogen-bond donors (Lipinski definition) is 0. The minimum atomic E-state index is -5.64. The number of aromatic nitrogens is 1. The molecule has 0 N–H and O–H groups in total. The Morgan fingerprint density at radius 2 is 1.02 bits per heavy atom. The van der Waals surface area contributed by atoms with Crippen LogP contribution in [0, 0.1) is 0 Å². The molecule has 9 aromatic rings. The van der Waals surface area contributed by atoms with E-state index in [1.807, 2.05) is 72.8 Å². The van der Waals surface area contributed by atoms with Crippen molar-refractivity contribution in [1.29, 1.82) is 0 Å². The number of alkyl halides is 6. The van der Waals surface area contributed by atoms with Gasteiger partial charge >= 0.3 is 17.8 Å². The van der Waals surface area contributed by atoms with Crippen molar-refractivity contribution >= 4 is 54.7 Å². The third-order valence-corrected chi connectivity index (χ3v) is 13.0. The summed E-state index contributed by atoms with van der Waals surface area (Å²) in [6.45, 7) is 0. The van der Waals surface area contributed by atoms with Gasteiger partial charge in [-0.05, 0) is 85.8 Å². The first-order chi connectivity index (χ1) is 29.6. The molecule has 0 amide bonds. The first kappa shape index (κ1) is 35.8. The highest BCUT2D eigenvalue weighted by molar-refractivity contribution is 6.17. The minimum absolute atomic E-state index is 0.0151. The molecule has 2 unspecified atom stereocenters. The second-order valence-corrected chi connectivity index (χ2v) is 16.2. The van der Waals surface area contributed by atoms with Gasteiger partial charge in [-0.25, -0.2) is 0 Å². The summed E-state index contributed by atoms with van der Waals surface area (Å²) in [6, 6.07) is 49.1. The summed E-state index contributed by atoms with van der Waals surface area (Å²) in [5.74, 6) is -15.9. The molecule has 0 radical (unpaired) electrons. The van der Waals surface area contributed by atoms with E-state index in [9.17, 15) is 0 Å². The third kappa shape index (κ3) is 4.76. The van der Waals surface area contributed by atoms with Crippen LogP contribution < -0.4 is 4.90 Å². The molecule has 61 heavy (non-hydrogen) atoms. The molecule has 0 fully saturated rings. The topological polar surface area (TPSA) is 8.17 Å². The van der Waals surface area contributed by atoms with Crippen molar-refractivity contribution in [3.8, 4) is 27.9 Å². The van der Waals surface area contributed by atoms with Crippen LogP contribution in [0.5, 0.6) is 0 Å². The molecule has 2 aliphatic carbocycles. The lowest BCUT2D eigenvalue weighted by Crippen LogP contribution is -2.43. The molecule has 1 aromatic heterocycles. The van der Waals surface area contributed by atoms with Crippen molar-refractivity contribution in [1.82, 2.24) is 4.57 Å². The van der Waals surface area contributed by atoms with E-state index in [2.05, 4.69) is 82.3 Å². The summed E-state index contributed by atoms with van der Waals surface area (Å²) in [4.78, 5) is 2.37. The van der Waals surface area contributed by atoms with E-state index < -0.39 is 28.9 Å². The molecule has 1 aliphatic heterocycles. The van der Waals surface area contributed by atoms with Gasteiger partial charge in [-0.1, -0.05) is 146 Å². The monoisotopic (exact) mass is 810 g/mol. The van der Waals surface area contributed by atoms with Crippen LogP contribution in [-0.4, -0.2) is 16.5 Å². The SMILES string of the molecule is FC1(F)c2c(c3ccc(-n4c5ccccc5c5ccc6c(c54)N(c4cccc(-c5ccccc5)c4)C4C=CC=CC64)cc3c3cc(-c4ccccc4)ccc23)C(F)(F)C1(F)F. The number of hydrogen-bond acceptors (Lipinski definition) is 1. The molecular weight excluding hydrogens is 779 g/mol. The Bertz CT molecular complexity index is 3370. The maximum absolute atomic E-state index is 16.0. The lowest BCUT2D eigenvalue weighted by atomic mass is 9.89. The fourth-order valence-corrected chi connectivity index (χ4v) is 10.2. The minimum Gasteiger partial charge on any atom is -0.332 e. The maximum atomic E-state index is 16.0. The molecule has 2 nitrogen and oxygen atoms in total. The van der Waals surface area contributed by atoms with Crippen LogP contribution in [0.1, 0.15) is 22.6 Å². The van der Waals surface area contributed by atoms with Gasteiger partial charge in [-0.3, -0.25) is 0 Å². The number of benzene rings is 8. The fourth-order valence-electron chi connectivity index (χ4n) is 10.2. The Balaban J connectivity index is 1.18. The molecule has 0 bridgehead atoms. The summed E-state index contributed by atoms with van der Waals surface area (Å²) >= 11 is 0. The number of halogens is 6. The number of para-hydroxylation sites is 1. The standard InChI is InChI=1S/C53H32F6N2/c54-51(55)47-39-24-22-34(32-14-5-2-6-15-32)29-43(39)44-30-36(23-25-40(44)48(47)52(56,57)53(51,58)59)61-46-21-10-8-19-38(46)42-27-26-41-37-18-7-9-20-45(37)60(49(41)50(42)61)35-17-11-16-33(28-35)31-12-3-1-4-13-31/h1-30,37,45H. The van der Waals surface area contributed by atoms with E-state index >= 15 is 26.3 Å². The third-order valence-electron chi connectivity index (χ3n) is 13.0. The predicted octanol–water partition coefficient (Wildman–Crippen LogP) is 15.0. The van der Waals surface area contributed by atoms with Crippen LogP contribution in [0.2, 0.25) is 0 Å². The molecule has 3 aliphatic rings. The highest BCUT2D eigenvalue weighted by Crippen LogP contribution is 2.66. The summed E-state index contributed by atoms with van der Waals surface area (Å²) < 4.78 is 96.5. The normalized spacial score (nSPS) is 19.2. The van der Waals surface area contributed by atoms with Gasteiger partial charge in [0.1, 0.15) is 0 Å². The van der Waals surface area contributed by atoms with Gasteiger partial charge in [0.15, 0.2) is 0 Å². The molecule has 0 saturated heterocycles. The summed E-state index contributed by atoms with van der Waals surface area (Å²) in [7, 11) is 0. The Labute approximate surface area is 345 Å². The van der Waals surface area contributed by atoms with E-state index in [1.54, 1.807) is 18.2 Å². The largest absolute Gasteiger partial charge is 0.380 e. The van der Waals surface area contributed by atoms with Crippen LogP contribution in [0.4, 0.5) is 37.7 Å². The Hall–Kier alpha value is -7.06. The quantitative estimate of drug-likeness (QED) is 0.127. The van der Waals surface area contributed by atoms with Gasteiger partial charge in [0, 0.05) is 39.2 Å². The second kappa shape index (κ2) is 12.5. The van der Waals surface area contributed by atoms with Crippen LogP contribution in [0.25, 0.3) is 71.3 Å². The van der Waals surface area contributed by atoms with Crippen molar-refractivity contribution in [2.24, 2.45) is 0 Å². The Morgan fingerprint density at radius 1 is 0.426 bits per heavy atom. The van der Waals surface area contributed by atoms with E-state index in [0.717, 1.165) is 55.4 Å². The number of rotatable bonds is 4. The molecular formula is C53H32F6N2. The number of nitrogens with zero attached hydrogens (tertiary/aromatic N) is 2. The van der Waals surface area contributed by atoms with Gasteiger partial charge in [-0.15, -0.1) is 0 Å². The highest BCUT2D eigenvalue weighted by atomic mass is 19.3. The molecule has 2 atom stereocenters. The maximum Gasteiger partial charge on any atom is 0.380 e. The van der Waals surface area contributed by atoms with Gasteiger partial charge in [0.05, 0.1) is 22.8 Å². The predicted molar refractivity (Wildman–Crippen MR) is 233 cm³/mol. The summed E-state index contributed by atoms with van der Waals surface area (Å²) in [5, 5.41) is 1.58. The van der Waals surface area contributed by atoms with Crippen molar-refractivity contribution in [2.45, 2.75) is 29.7 Å². The lowest BCUT2D eigenvalue weighted by Gasteiger charge is -2.29. The van der Waals surface area contributed by atoms with E-state index in [4.69, 9.17) is 0 Å². The van der Waals surface area contributed by atoms with Crippen LogP contribution >= 0.6 is 0 Å². The van der Waals surface area contributed by atoms with Crippen molar-refractivity contribution in [3.63, 3.8) is 0 Å². The highest BCUT2D eigenvalue weighted by Gasteiger charge is 2.80. The number of anilines is 2. The zero-order valence-corrected chi connectivity index (χ0v) is 32.1. The van der Waals surface area contributed by atoms with Crippen LogP contribution in [0.3, 0.4) is 0 Å². The van der Waals surface area contributed by atoms with Crippen molar-refractivity contribution in [3.05, 3.63) is 199 Å². The van der Waals surface area contributed by atoms with Crippen molar-refractivity contribution < 1.29 is 26.3 Å². The molecule has 0 saturated carbocycles. The van der Waals surface area contributed by atoms with Gasteiger partial charge in [-0.2, -0.15) is 26.3 Å². The first-order valence-electron chi connectivity index (χ1n) is 20.2. The fraction of sp³-hybridized carbons (Fsp3) is 0.0943. The Morgan fingerprint density at radius 3 is 1.74 bits per heavy atom. The summed E-state index contributed by atoms with van der Waals surface area (Å²) in [6.07, 6.45) is 8.54. The lowest BCUT2D eigenvalue weighted by molar-refractivity contribution is -0.301. The van der Waals surface area contributed by atoms with E-state index in [0.29, 0.717) is 11.3 Å². The number of fused-ring (bicyclic) bond motifs is 13. The first-order valence-corrected chi connectivity index (χ1v) is 20.2. The Kier molecular flexibility index (Phi) is 7.34. The van der Waals surface area contributed by atoms with E-state index in [1.165, 1.54) is 18.2 Å². The van der Waals surface area contributed by atoms with Gasteiger partial charge in [0.25, 0.3) is 0 Å². The zero-order valence-electron chi connectivity index (χ0n) is 32.1.